The summed E-state index contributed by atoms with van der Waals surface area (Å²) in [5, 5.41) is 4.17. The van der Waals surface area contributed by atoms with Gasteiger partial charge in [-0.1, -0.05) is 24.3 Å². The van der Waals surface area contributed by atoms with Gasteiger partial charge in [0.05, 0.1) is 12.3 Å². The van der Waals surface area contributed by atoms with Gasteiger partial charge in [-0.3, -0.25) is 0 Å². The first-order chi connectivity index (χ1) is 12.7. The van der Waals surface area contributed by atoms with E-state index in [9.17, 15) is 4.79 Å². The van der Waals surface area contributed by atoms with Crippen LogP contribution in [-0.2, 0) is 16.1 Å². The molecule has 0 N–H and O–H groups in total. The average molecular weight is 348 g/mol. The first-order valence-corrected chi connectivity index (χ1v) is 8.41. The lowest BCUT2D eigenvalue weighted by Crippen LogP contribution is -2.01. The summed E-state index contributed by atoms with van der Waals surface area (Å²) < 4.78 is 12.4. The van der Waals surface area contributed by atoms with E-state index in [1.54, 1.807) is 17.0 Å². The Balaban J connectivity index is 1.50. The average Bonchev–Trinajstić information content (AvgIpc) is 3.21. The Morgan fingerprint density at radius 1 is 1.12 bits per heavy atom. The van der Waals surface area contributed by atoms with Crippen molar-refractivity contribution in [1.82, 2.24) is 9.78 Å². The summed E-state index contributed by atoms with van der Waals surface area (Å²) in [6.45, 7) is 2.80. The van der Waals surface area contributed by atoms with Gasteiger partial charge in [0, 0.05) is 18.5 Å². The molecular weight excluding hydrogens is 328 g/mol. The normalized spacial score (nSPS) is 10.8. The van der Waals surface area contributed by atoms with Gasteiger partial charge in [0.15, 0.2) is 0 Å². The molecule has 0 saturated carbocycles. The van der Waals surface area contributed by atoms with Crippen LogP contribution in [-0.4, -0.2) is 22.4 Å². The van der Waals surface area contributed by atoms with Gasteiger partial charge in [-0.25, -0.2) is 9.48 Å². The monoisotopic (exact) mass is 348 g/mol. The van der Waals surface area contributed by atoms with Crippen LogP contribution in [0, 0.1) is 0 Å². The van der Waals surface area contributed by atoms with E-state index in [1.807, 2.05) is 67.7 Å². The number of nitrogens with zero attached hydrogens (tertiary/aromatic N) is 2. The minimum Gasteiger partial charge on any atom is -0.494 e. The van der Waals surface area contributed by atoms with E-state index >= 15 is 0 Å². The van der Waals surface area contributed by atoms with Crippen molar-refractivity contribution < 1.29 is 14.3 Å². The number of carbonyl (C=O) groups is 1. The summed E-state index contributed by atoms with van der Waals surface area (Å²) in [7, 11) is 0. The summed E-state index contributed by atoms with van der Waals surface area (Å²) in [5.41, 5.74) is 2.79. The minimum absolute atomic E-state index is 0.228. The third-order valence-corrected chi connectivity index (χ3v) is 3.69. The zero-order valence-electron chi connectivity index (χ0n) is 14.5. The molecule has 5 nitrogen and oxygen atoms in total. The molecule has 0 saturated heterocycles. The van der Waals surface area contributed by atoms with Crippen LogP contribution < -0.4 is 4.74 Å². The van der Waals surface area contributed by atoms with Crippen LogP contribution in [0.1, 0.15) is 18.1 Å². The summed E-state index contributed by atoms with van der Waals surface area (Å²) >= 11 is 0. The molecule has 0 atom stereocenters. The highest BCUT2D eigenvalue weighted by atomic mass is 16.5. The van der Waals surface area contributed by atoms with Gasteiger partial charge in [-0.2, -0.15) is 5.10 Å². The number of hydrogen-bond acceptors (Lipinski definition) is 4. The first kappa shape index (κ1) is 17.5. The standard InChI is InChI=1S/C21H20N2O3/c1-2-25-20-11-6-17(7-12-20)8-13-21(24)26-16-18-4-9-19(10-5-18)23-15-3-14-22-23/h3-15H,2,16H2,1H3/b13-8+. The molecule has 0 aliphatic rings. The molecule has 0 aliphatic heterocycles. The summed E-state index contributed by atoms with van der Waals surface area (Å²) in [4.78, 5) is 11.9. The second-order valence-corrected chi connectivity index (χ2v) is 5.56. The van der Waals surface area contributed by atoms with Gasteiger partial charge in [0.1, 0.15) is 12.4 Å². The second kappa shape index (κ2) is 8.67. The third kappa shape index (κ3) is 4.83. The van der Waals surface area contributed by atoms with Gasteiger partial charge in [-0.15, -0.1) is 0 Å². The Morgan fingerprint density at radius 3 is 2.54 bits per heavy atom. The van der Waals surface area contributed by atoms with Crippen LogP contribution in [0.3, 0.4) is 0 Å². The van der Waals surface area contributed by atoms with Crippen molar-refractivity contribution in [3.05, 3.63) is 84.2 Å². The highest BCUT2D eigenvalue weighted by Crippen LogP contribution is 2.13. The van der Waals surface area contributed by atoms with Crippen molar-refractivity contribution in [2.24, 2.45) is 0 Å². The molecule has 132 valence electrons. The minimum atomic E-state index is -0.380. The molecule has 26 heavy (non-hydrogen) atoms. The van der Waals surface area contributed by atoms with Crippen LogP contribution in [0.2, 0.25) is 0 Å². The van der Waals surface area contributed by atoms with Crippen LogP contribution in [0.5, 0.6) is 5.75 Å². The van der Waals surface area contributed by atoms with Gasteiger partial charge in [0.25, 0.3) is 0 Å². The molecule has 5 heteroatoms. The molecule has 0 amide bonds. The highest BCUT2D eigenvalue weighted by Gasteiger charge is 2.01. The molecule has 0 fully saturated rings. The number of hydrogen-bond donors (Lipinski definition) is 0. The predicted molar refractivity (Wildman–Crippen MR) is 100 cm³/mol. The lowest BCUT2D eigenvalue weighted by atomic mass is 10.2. The smallest absolute Gasteiger partial charge is 0.331 e. The topological polar surface area (TPSA) is 53.4 Å². The van der Waals surface area contributed by atoms with Gasteiger partial charge >= 0.3 is 5.97 Å². The molecule has 1 aromatic heterocycles. The largest absolute Gasteiger partial charge is 0.494 e. The lowest BCUT2D eigenvalue weighted by molar-refractivity contribution is -0.138. The van der Waals surface area contributed by atoms with Crippen molar-refractivity contribution in [1.29, 1.82) is 0 Å². The van der Waals surface area contributed by atoms with Crippen molar-refractivity contribution in [2.45, 2.75) is 13.5 Å². The first-order valence-electron chi connectivity index (χ1n) is 8.41. The number of esters is 1. The maximum absolute atomic E-state index is 11.9. The molecular formula is C21H20N2O3. The van der Waals surface area contributed by atoms with E-state index in [-0.39, 0.29) is 12.6 Å². The van der Waals surface area contributed by atoms with Crippen molar-refractivity contribution in [3.8, 4) is 11.4 Å². The van der Waals surface area contributed by atoms with Gasteiger partial charge < -0.3 is 9.47 Å². The van der Waals surface area contributed by atoms with Gasteiger partial charge in [-0.05, 0) is 54.5 Å². The fourth-order valence-electron chi connectivity index (χ4n) is 2.38. The van der Waals surface area contributed by atoms with Crippen LogP contribution in [0.25, 0.3) is 11.8 Å². The van der Waals surface area contributed by atoms with E-state index < -0.39 is 0 Å². The molecule has 2 aromatic carbocycles. The van der Waals surface area contributed by atoms with Crippen molar-refractivity contribution in [2.75, 3.05) is 6.61 Å². The van der Waals surface area contributed by atoms with E-state index in [0.717, 1.165) is 22.6 Å². The zero-order chi connectivity index (χ0) is 18.2. The van der Waals surface area contributed by atoms with E-state index in [4.69, 9.17) is 9.47 Å². The van der Waals surface area contributed by atoms with Crippen LogP contribution in [0.4, 0.5) is 0 Å². The molecule has 0 unspecified atom stereocenters. The Kier molecular flexibility index (Phi) is 5.83. The highest BCUT2D eigenvalue weighted by molar-refractivity contribution is 5.87. The molecule has 0 aliphatic carbocycles. The van der Waals surface area contributed by atoms with Crippen molar-refractivity contribution >= 4 is 12.0 Å². The van der Waals surface area contributed by atoms with Crippen molar-refractivity contribution in [3.63, 3.8) is 0 Å². The Labute approximate surface area is 152 Å². The number of carbonyl (C=O) groups excluding carboxylic acids is 1. The third-order valence-electron chi connectivity index (χ3n) is 3.69. The Bertz CT molecular complexity index is 851. The molecule has 3 aromatic rings. The summed E-state index contributed by atoms with van der Waals surface area (Å²) in [6, 6.07) is 17.1. The lowest BCUT2D eigenvalue weighted by Gasteiger charge is -2.05. The molecule has 1 heterocycles. The number of rotatable bonds is 7. The SMILES string of the molecule is CCOc1ccc(/C=C/C(=O)OCc2ccc(-n3cccn3)cc2)cc1. The maximum atomic E-state index is 11.9. The number of aromatic nitrogens is 2. The quantitative estimate of drug-likeness (QED) is 0.478. The van der Waals surface area contributed by atoms with E-state index in [2.05, 4.69) is 5.10 Å². The molecule has 0 spiro atoms. The van der Waals surface area contributed by atoms with Crippen LogP contribution in [0.15, 0.2) is 73.1 Å². The van der Waals surface area contributed by atoms with Gasteiger partial charge in [0.2, 0.25) is 0 Å². The fourth-order valence-corrected chi connectivity index (χ4v) is 2.38. The van der Waals surface area contributed by atoms with Crippen LogP contribution >= 0.6 is 0 Å². The molecule has 3 rings (SSSR count). The Hall–Kier alpha value is -3.34. The van der Waals surface area contributed by atoms with E-state index in [0.29, 0.717) is 6.61 Å². The predicted octanol–water partition coefficient (Wildman–Crippen LogP) is 4.03. The summed E-state index contributed by atoms with van der Waals surface area (Å²) in [5.74, 6) is 0.431. The maximum Gasteiger partial charge on any atom is 0.331 e. The number of ether oxygens (including phenoxy) is 2. The van der Waals surface area contributed by atoms with E-state index in [1.165, 1.54) is 6.08 Å². The summed E-state index contributed by atoms with van der Waals surface area (Å²) in [6.07, 6.45) is 6.75. The Morgan fingerprint density at radius 2 is 1.88 bits per heavy atom. The fraction of sp³-hybridized carbons (Fsp3) is 0.143. The zero-order valence-corrected chi connectivity index (χ0v) is 14.5. The number of benzene rings is 2. The molecule has 0 radical (unpaired) electrons. The second-order valence-electron chi connectivity index (χ2n) is 5.56. The molecule has 0 bridgehead atoms.